The molecule has 1 aliphatic heterocycles. The van der Waals surface area contributed by atoms with E-state index in [-0.39, 0.29) is 5.41 Å². The highest BCUT2D eigenvalue weighted by Gasteiger charge is 2.39. The Balaban J connectivity index is 1.95. The van der Waals surface area contributed by atoms with Crippen molar-refractivity contribution in [3.63, 3.8) is 0 Å². The quantitative estimate of drug-likeness (QED) is 0.776. The average Bonchev–Trinajstić information content (AvgIpc) is 2.25. The lowest BCUT2D eigenvalue weighted by molar-refractivity contribution is -0.132. The smallest absolute Gasteiger partial charge is 0.140 e. The number of hydrogen-bond acceptors (Lipinski definition) is 2. The standard InChI is InChI=1S/C14H25NO/c1-2-7-14(8-4-9-15-11-14)13(16)10-12-5-3-6-12/h12,15H,2-11H2,1H3. The molecule has 0 spiro atoms. The molecule has 2 heteroatoms. The molecule has 1 saturated heterocycles. The van der Waals surface area contributed by atoms with Gasteiger partial charge in [0.25, 0.3) is 0 Å². The van der Waals surface area contributed by atoms with E-state index in [4.69, 9.17) is 0 Å². The molecule has 2 rings (SSSR count). The molecule has 2 nitrogen and oxygen atoms in total. The topological polar surface area (TPSA) is 29.1 Å². The predicted molar refractivity (Wildman–Crippen MR) is 66.4 cm³/mol. The van der Waals surface area contributed by atoms with Crippen LogP contribution < -0.4 is 5.32 Å². The fourth-order valence-corrected chi connectivity index (χ4v) is 3.21. The Kier molecular flexibility index (Phi) is 4.01. The lowest BCUT2D eigenvalue weighted by atomic mass is 9.69. The summed E-state index contributed by atoms with van der Waals surface area (Å²) in [6, 6.07) is 0. The van der Waals surface area contributed by atoms with Crippen molar-refractivity contribution >= 4 is 5.78 Å². The summed E-state index contributed by atoms with van der Waals surface area (Å²) < 4.78 is 0. The van der Waals surface area contributed by atoms with Gasteiger partial charge in [-0.15, -0.1) is 0 Å². The van der Waals surface area contributed by atoms with Gasteiger partial charge in [-0.1, -0.05) is 32.6 Å². The molecular weight excluding hydrogens is 198 g/mol. The van der Waals surface area contributed by atoms with Crippen LogP contribution in [0.5, 0.6) is 0 Å². The summed E-state index contributed by atoms with van der Waals surface area (Å²) >= 11 is 0. The molecule has 0 radical (unpaired) electrons. The van der Waals surface area contributed by atoms with E-state index in [1.807, 2.05) is 0 Å². The van der Waals surface area contributed by atoms with Crippen molar-refractivity contribution in [2.24, 2.45) is 11.3 Å². The number of nitrogens with one attached hydrogen (secondary N) is 1. The summed E-state index contributed by atoms with van der Waals surface area (Å²) in [4.78, 5) is 12.5. The zero-order valence-electron chi connectivity index (χ0n) is 10.6. The van der Waals surface area contributed by atoms with Gasteiger partial charge in [0.1, 0.15) is 5.78 Å². The van der Waals surface area contributed by atoms with Crippen molar-refractivity contribution in [2.45, 2.75) is 58.3 Å². The predicted octanol–water partition coefficient (Wildman–Crippen LogP) is 2.92. The molecule has 16 heavy (non-hydrogen) atoms. The van der Waals surface area contributed by atoms with E-state index >= 15 is 0 Å². The van der Waals surface area contributed by atoms with Crippen LogP contribution in [0.25, 0.3) is 0 Å². The van der Waals surface area contributed by atoms with Gasteiger partial charge in [0.2, 0.25) is 0 Å². The Bertz CT molecular complexity index is 234. The van der Waals surface area contributed by atoms with Crippen LogP contribution in [0.2, 0.25) is 0 Å². The summed E-state index contributed by atoms with van der Waals surface area (Å²) in [5.74, 6) is 1.29. The van der Waals surface area contributed by atoms with Crippen LogP contribution in [0, 0.1) is 11.3 Å². The minimum atomic E-state index is 0.00257. The van der Waals surface area contributed by atoms with E-state index in [0.29, 0.717) is 5.78 Å². The molecular formula is C14H25NO. The minimum absolute atomic E-state index is 0.00257. The Hall–Kier alpha value is -0.370. The number of carbonyl (C=O) groups excluding carboxylic acids is 1. The van der Waals surface area contributed by atoms with E-state index in [1.54, 1.807) is 0 Å². The molecule has 2 fully saturated rings. The molecule has 1 atom stereocenters. The van der Waals surface area contributed by atoms with Crippen LogP contribution in [-0.4, -0.2) is 18.9 Å². The van der Waals surface area contributed by atoms with E-state index in [1.165, 1.54) is 25.7 Å². The van der Waals surface area contributed by atoms with Gasteiger partial charge in [-0.05, 0) is 31.7 Å². The second-order valence-corrected chi connectivity index (χ2v) is 5.73. The van der Waals surface area contributed by atoms with Gasteiger partial charge < -0.3 is 5.32 Å². The van der Waals surface area contributed by atoms with Gasteiger partial charge in [-0.25, -0.2) is 0 Å². The van der Waals surface area contributed by atoms with E-state index < -0.39 is 0 Å². The van der Waals surface area contributed by atoms with Crippen LogP contribution in [0.4, 0.5) is 0 Å². The molecule has 92 valence electrons. The molecule has 0 aromatic carbocycles. The summed E-state index contributed by atoms with van der Waals surface area (Å²) in [5.41, 5.74) is 0.00257. The number of carbonyl (C=O) groups is 1. The third kappa shape index (κ3) is 2.48. The fourth-order valence-electron chi connectivity index (χ4n) is 3.21. The molecule has 1 N–H and O–H groups in total. The summed E-state index contributed by atoms with van der Waals surface area (Å²) in [6.45, 7) is 4.24. The molecule has 0 aromatic heterocycles. The Labute approximate surface area is 99.2 Å². The molecule has 1 heterocycles. The summed E-state index contributed by atoms with van der Waals surface area (Å²) in [6.07, 6.45) is 9.32. The third-order valence-electron chi connectivity index (χ3n) is 4.49. The summed E-state index contributed by atoms with van der Waals surface area (Å²) in [5, 5.41) is 3.43. The van der Waals surface area contributed by atoms with Crippen LogP contribution >= 0.6 is 0 Å². The lowest BCUT2D eigenvalue weighted by Crippen LogP contribution is -2.46. The normalized spacial score (nSPS) is 31.1. The fraction of sp³-hybridized carbons (Fsp3) is 0.929. The van der Waals surface area contributed by atoms with Crippen LogP contribution in [0.3, 0.4) is 0 Å². The molecule has 0 aromatic rings. The first-order chi connectivity index (χ1) is 7.77. The molecule has 2 aliphatic rings. The SMILES string of the molecule is CCCC1(C(=O)CC2CCC2)CCCNC1. The Morgan fingerprint density at radius 2 is 2.19 bits per heavy atom. The largest absolute Gasteiger partial charge is 0.316 e. The van der Waals surface area contributed by atoms with Crippen LogP contribution in [-0.2, 0) is 4.79 Å². The summed E-state index contributed by atoms with van der Waals surface area (Å²) in [7, 11) is 0. The zero-order chi connectivity index (χ0) is 11.4. The van der Waals surface area contributed by atoms with Crippen LogP contribution in [0.1, 0.15) is 58.3 Å². The zero-order valence-corrected chi connectivity index (χ0v) is 10.6. The molecule has 0 amide bonds. The second kappa shape index (κ2) is 5.31. The van der Waals surface area contributed by atoms with Gasteiger partial charge in [-0.2, -0.15) is 0 Å². The molecule has 0 bridgehead atoms. The number of Topliss-reactive ketones (excluding diaryl/α,β-unsaturated/α-hetero) is 1. The van der Waals surface area contributed by atoms with Gasteiger partial charge >= 0.3 is 0 Å². The first kappa shape index (κ1) is 12.1. The van der Waals surface area contributed by atoms with Crippen molar-refractivity contribution in [3.8, 4) is 0 Å². The number of hydrogen-bond donors (Lipinski definition) is 1. The first-order valence-electron chi connectivity index (χ1n) is 7.01. The van der Waals surface area contributed by atoms with Gasteiger partial charge in [-0.3, -0.25) is 4.79 Å². The van der Waals surface area contributed by atoms with Gasteiger partial charge in [0, 0.05) is 18.4 Å². The molecule has 1 unspecified atom stereocenters. The van der Waals surface area contributed by atoms with E-state index in [2.05, 4.69) is 12.2 Å². The monoisotopic (exact) mass is 223 g/mol. The Morgan fingerprint density at radius 1 is 1.38 bits per heavy atom. The van der Waals surface area contributed by atoms with E-state index in [0.717, 1.165) is 44.7 Å². The maximum absolute atomic E-state index is 12.5. The van der Waals surface area contributed by atoms with Gasteiger partial charge in [0.05, 0.1) is 0 Å². The Morgan fingerprint density at radius 3 is 2.69 bits per heavy atom. The minimum Gasteiger partial charge on any atom is -0.316 e. The third-order valence-corrected chi connectivity index (χ3v) is 4.49. The van der Waals surface area contributed by atoms with Crippen LogP contribution in [0.15, 0.2) is 0 Å². The maximum Gasteiger partial charge on any atom is 0.140 e. The number of ketones is 1. The highest BCUT2D eigenvalue weighted by molar-refractivity contribution is 5.85. The van der Waals surface area contributed by atoms with Crippen molar-refractivity contribution in [3.05, 3.63) is 0 Å². The molecule has 1 saturated carbocycles. The van der Waals surface area contributed by atoms with E-state index in [9.17, 15) is 4.79 Å². The van der Waals surface area contributed by atoms with Crippen molar-refractivity contribution in [1.82, 2.24) is 5.32 Å². The highest BCUT2D eigenvalue weighted by Crippen LogP contribution is 2.38. The molecule has 1 aliphatic carbocycles. The number of rotatable bonds is 5. The number of piperidine rings is 1. The highest BCUT2D eigenvalue weighted by atomic mass is 16.1. The van der Waals surface area contributed by atoms with Crippen molar-refractivity contribution in [2.75, 3.05) is 13.1 Å². The van der Waals surface area contributed by atoms with Gasteiger partial charge in [0.15, 0.2) is 0 Å². The van der Waals surface area contributed by atoms with Crippen molar-refractivity contribution < 1.29 is 4.79 Å². The maximum atomic E-state index is 12.5. The second-order valence-electron chi connectivity index (χ2n) is 5.73. The average molecular weight is 223 g/mol. The first-order valence-corrected chi connectivity index (χ1v) is 7.01. The van der Waals surface area contributed by atoms with Crippen molar-refractivity contribution in [1.29, 1.82) is 0 Å². The lowest BCUT2D eigenvalue weighted by Gasteiger charge is -2.38.